The summed E-state index contributed by atoms with van der Waals surface area (Å²) in [5.74, 6) is 0.142. The first kappa shape index (κ1) is 23.0. The number of piperidine rings is 1. The Hall–Kier alpha value is -2.80. The van der Waals surface area contributed by atoms with Crippen LogP contribution in [0.3, 0.4) is 0 Å². The summed E-state index contributed by atoms with van der Waals surface area (Å²) < 4.78 is 28.5. The molecule has 180 valence electrons. The largest absolute Gasteiger partial charge is 0.328 e. The van der Waals surface area contributed by atoms with Crippen molar-refractivity contribution in [3.63, 3.8) is 0 Å². The van der Waals surface area contributed by atoms with Crippen molar-refractivity contribution in [2.75, 3.05) is 11.4 Å². The molecule has 3 fully saturated rings. The summed E-state index contributed by atoms with van der Waals surface area (Å²) in [6.07, 6.45) is 6.89. The predicted octanol–water partition coefficient (Wildman–Crippen LogP) is 5.65. The van der Waals surface area contributed by atoms with E-state index in [2.05, 4.69) is 17.1 Å². The van der Waals surface area contributed by atoms with Crippen LogP contribution < -0.4 is 10.2 Å². The highest BCUT2D eigenvalue weighted by atomic mass is 19.1. The number of nitrogens with zero attached hydrogens (tertiary/aromatic N) is 3. The van der Waals surface area contributed by atoms with Crippen LogP contribution in [0.1, 0.15) is 57.4 Å². The first-order valence-corrected chi connectivity index (χ1v) is 12.4. The summed E-state index contributed by atoms with van der Waals surface area (Å²) in [5.41, 5.74) is 0.554. The lowest BCUT2D eigenvalue weighted by Gasteiger charge is -2.47. The fourth-order valence-electron chi connectivity index (χ4n) is 5.87. The lowest BCUT2D eigenvalue weighted by molar-refractivity contribution is 0.122. The van der Waals surface area contributed by atoms with Crippen LogP contribution >= 0.6 is 0 Å². The molecular weight excluding hydrogens is 434 g/mol. The summed E-state index contributed by atoms with van der Waals surface area (Å²) in [7, 11) is 0. The minimum Gasteiger partial charge on any atom is -0.296 e. The molecule has 0 bridgehead atoms. The molecule has 5 rings (SSSR count). The zero-order valence-electron chi connectivity index (χ0n) is 19.6. The van der Waals surface area contributed by atoms with Gasteiger partial charge in [-0.3, -0.25) is 20.1 Å². The third-order valence-electron chi connectivity index (χ3n) is 7.65. The summed E-state index contributed by atoms with van der Waals surface area (Å²) in [6.45, 7) is 3.31. The van der Waals surface area contributed by atoms with Crippen LogP contribution in [0.2, 0.25) is 0 Å². The highest BCUT2D eigenvalue weighted by Crippen LogP contribution is 2.41. The topological polar surface area (TPSA) is 47.9 Å². The lowest BCUT2D eigenvalue weighted by atomic mass is 9.81. The molecule has 2 aromatic rings. The Morgan fingerprint density at radius 1 is 1.09 bits per heavy atom. The second kappa shape index (κ2) is 9.45. The average Bonchev–Trinajstić information content (AvgIpc) is 3.07. The lowest BCUT2D eigenvalue weighted by Crippen LogP contribution is -2.59. The van der Waals surface area contributed by atoms with E-state index in [1.54, 1.807) is 23.1 Å². The summed E-state index contributed by atoms with van der Waals surface area (Å²) in [4.78, 5) is 22.3. The van der Waals surface area contributed by atoms with Crippen molar-refractivity contribution in [3.05, 3.63) is 65.7 Å². The molecule has 1 saturated carbocycles. The molecule has 5 nitrogen and oxygen atoms in total. The number of carbonyl (C=O) groups is 1. The summed E-state index contributed by atoms with van der Waals surface area (Å²) >= 11 is 0. The van der Waals surface area contributed by atoms with Gasteiger partial charge in [-0.2, -0.15) is 0 Å². The zero-order chi connectivity index (χ0) is 23.7. The Bertz CT molecular complexity index is 1080. The van der Waals surface area contributed by atoms with Crippen LogP contribution in [0.4, 0.5) is 19.3 Å². The number of hydrogen-bond donors (Lipinski definition) is 1. The van der Waals surface area contributed by atoms with Gasteiger partial charge in [0.05, 0.1) is 6.04 Å². The van der Waals surface area contributed by atoms with Crippen LogP contribution in [0.15, 0.2) is 53.5 Å². The fraction of sp³-hybridized carbons (Fsp3) is 0.481. The SMILES string of the molecule is C[C@@H]1C[C@@]2(CCN1Cc1ccccc1F)C(=NC1CCCCC1)NC(=O)N2c1cccc(F)c1. The number of hydrogen-bond acceptors (Lipinski definition) is 3. The van der Waals surface area contributed by atoms with Gasteiger partial charge in [0.15, 0.2) is 0 Å². The minimum absolute atomic E-state index is 0.0775. The number of amidine groups is 1. The van der Waals surface area contributed by atoms with Gasteiger partial charge in [-0.25, -0.2) is 13.6 Å². The fourth-order valence-corrected chi connectivity index (χ4v) is 5.87. The number of anilines is 1. The van der Waals surface area contributed by atoms with Crippen LogP contribution in [-0.2, 0) is 6.54 Å². The number of benzene rings is 2. The Kier molecular flexibility index (Phi) is 6.38. The second-order valence-electron chi connectivity index (χ2n) is 9.91. The number of amides is 2. The number of likely N-dealkylation sites (tertiary alicyclic amines) is 1. The van der Waals surface area contributed by atoms with E-state index < -0.39 is 5.54 Å². The smallest absolute Gasteiger partial charge is 0.296 e. The van der Waals surface area contributed by atoms with E-state index in [1.165, 1.54) is 24.6 Å². The van der Waals surface area contributed by atoms with Gasteiger partial charge < -0.3 is 0 Å². The number of aliphatic imine (C=N–C) groups is 1. The molecule has 2 atom stereocenters. The molecule has 0 radical (unpaired) electrons. The van der Waals surface area contributed by atoms with Gasteiger partial charge in [0.1, 0.15) is 23.0 Å². The molecular formula is C27H32F2N4O. The average molecular weight is 467 g/mol. The maximum Gasteiger partial charge on any atom is 0.328 e. The van der Waals surface area contributed by atoms with Crippen molar-refractivity contribution in [2.24, 2.45) is 4.99 Å². The molecule has 2 aliphatic heterocycles. The van der Waals surface area contributed by atoms with E-state index in [-0.39, 0.29) is 29.7 Å². The van der Waals surface area contributed by atoms with E-state index in [0.29, 0.717) is 43.0 Å². The van der Waals surface area contributed by atoms with Gasteiger partial charge in [-0.1, -0.05) is 43.5 Å². The van der Waals surface area contributed by atoms with Crippen LogP contribution in [0.5, 0.6) is 0 Å². The third kappa shape index (κ3) is 4.33. The van der Waals surface area contributed by atoms with Gasteiger partial charge in [0.25, 0.3) is 0 Å². The van der Waals surface area contributed by atoms with E-state index in [1.807, 2.05) is 12.1 Å². The summed E-state index contributed by atoms with van der Waals surface area (Å²) in [5, 5.41) is 3.06. The van der Waals surface area contributed by atoms with Crippen LogP contribution in [-0.4, -0.2) is 40.9 Å². The second-order valence-corrected chi connectivity index (χ2v) is 9.91. The number of urea groups is 1. The molecule has 1 aliphatic carbocycles. The molecule has 3 aliphatic rings. The normalized spacial score (nSPS) is 27.5. The zero-order valence-corrected chi connectivity index (χ0v) is 19.6. The van der Waals surface area contributed by atoms with Gasteiger partial charge in [0.2, 0.25) is 0 Å². The van der Waals surface area contributed by atoms with Crippen molar-refractivity contribution < 1.29 is 13.6 Å². The Morgan fingerprint density at radius 2 is 1.88 bits per heavy atom. The molecule has 2 aromatic carbocycles. The van der Waals surface area contributed by atoms with Crippen molar-refractivity contribution in [3.8, 4) is 0 Å². The molecule has 1 spiro atoms. The number of halogens is 2. The molecule has 2 saturated heterocycles. The molecule has 34 heavy (non-hydrogen) atoms. The van der Waals surface area contributed by atoms with Gasteiger partial charge in [-0.05, 0) is 56.9 Å². The van der Waals surface area contributed by atoms with Gasteiger partial charge in [0, 0.05) is 30.4 Å². The quantitative estimate of drug-likeness (QED) is 0.633. The van der Waals surface area contributed by atoms with Crippen molar-refractivity contribution in [1.29, 1.82) is 0 Å². The molecule has 7 heteroatoms. The van der Waals surface area contributed by atoms with E-state index in [9.17, 15) is 13.6 Å². The van der Waals surface area contributed by atoms with Crippen LogP contribution in [0.25, 0.3) is 0 Å². The monoisotopic (exact) mass is 466 g/mol. The van der Waals surface area contributed by atoms with Crippen molar-refractivity contribution in [1.82, 2.24) is 10.2 Å². The third-order valence-corrected chi connectivity index (χ3v) is 7.65. The maximum atomic E-state index is 14.3. The van der Waals surface area contributed by atoms with Gasteiger partial charge in [-0.15, -0.1) is 0 Å². The number of carbonyl (C=O) groups excluding carboxylic acids is 1. The van der Waals surface area contributed by atoms with Crippen LogP contribution in [0, 0.1) is 11.6 Å². The number of rotatable bonds is 4. The Morgan fingerprint density at radius 3 is 2.62 bits per heavy atom. The molecule has 0 aromatic heterocycles. The first-order chi connectivity index (χ1) is 16.5. The van der Waals surface area contributed by atoms with E-state index in [4.69, 9.17) is 4.99 Å². The van der Waals surface area contributed by atoms with Crippen molar-refractivity contribution in [2.45, 2.75) is 76.0 Å². The number of nitrogens with one attached hydrogen (secondary N) is 1. The Balaban J connectivity index is 1.48. The van der Waals surface area contributed by atoms with E-state index >= 15 is 0 Å². The Labute approximate surface area is 199 Å². The molecule has 2 heterocycles. The van der Waals surface area contributed by atoms with Gasteiger partial charge >= 0.3 is 6.03 Å². The highest BCUT2D eigenvalue weighted by molar-refractivity contribution is 6.19. The first-order valence-electron chi connectivity index (χ1n) is 12.4. The maximum absolute atomic E-state index is 14.3. The molecule has 1 N–H and O–H groups in total. The van der Waals surface area contributed by atoms with Crippen molar-refractivity contribution >= 4 is 17.6 Å². The molecule has 2 amide bonds. The standard InChI is InChI=1S/C27H32F2N4O/c1-19-17-27(14-15-32(19)18-20-8-5-6-13-24(20)29)25(30-22-10-3-2-4-11-22)31-26(34)33(27)23-12-7-9-21(28)16-23/h5-9,12-13,16,19,22H,2-4,10-11,14-15,17-18H2,1H3,(H,30,31,34)/t19-,27+/m1/s1. The van der Waals surface area contributed by atoms with E-state index in [0.717, 1.165) is 25.7 Å². The molecule has 0 unspecified atom stereocenters. The predicted molar refractivity (Wildman–Crippen MR) is 130 cm³/mol. The highest BCUT2D eigenvalue weighted by Gasteiger charge is 2.54. The summed E-state index contributed by atoms with van der Waals surface area (Å²) in [6, 6.07) is 13.1. The minimum atomic E-state index is -0.659.